The molecule has 2 N–H and O–H groups in total. The molecule has 0 unspecified atom stereocenters. The Morgan fingerprint density at radius 1 is 0.571 bits per heavy atom. The van der Waals surface area contributed by atoms with E-state index in [0.29, 0.717) is 11.1 Å². The second kappa shape index (κ2) is 5.71. The molecule has 0 atom stereocenters. The fraction of sp³-hybridized carbons (Fsp3) is 0.0526. The molecular formula is C19H16O2. The van der Waals surface area contributed by atoms with Crippen molar-refractivity contribution in [2.24, 2.45) is 0 Å². The molecule has 3 aromatic rings. The van der Waals surface area contributed by atoms with E-state index < -0.39 is 0 Å². The minimum Gasteiger partial charge on any atom is -0.507 e. The number of aromatic hydroxyl groups is 2. The second-order valence-electron chi connectivity index (χ2n) is 5.03. The third kappa shape index (κ3) is 2.90. The van der Waals surface area contributed by atoms with Crippen LogP contribution in [0.3, 0.4) is 0 Å². The first kappa shape index (κ1) is 13.3. The van der Waals surface area contributed by atoms with Crippen LogP contribution in [0.2, 0.25) is 0 Å². The topological polar surface area (TPSA) is 40.5 Å². The van der Waals surface area contributed by atoms with Gasteiger partial charge < -0.3 is 10.2 Å². The molecule has 0 spiro atoms. The van der Waals surface area contributed by atoms with Gasteiger partial charge in [0.05, 0.1) is 0 Å². The van der Waals surface area contributed by atoms with Gasteiger partial charge in [-0.05, 0) is 35.7 Å². The number of rotatable bonds is 3. The molecule has 104 valence electrons. The molecule has 0 bridgehead atoms. The van der Waals surface area contributed by atoms with Crippen molar-refractivity contribution in [1.82, 2.24) is 0 Å². The van der Waals surface area contributed by atoms with Crippen LogP contribution in [-0.4, -0.2) is 10.2 Å². The molecule has 0 saturated heterocycles. The van der Waals surface area contributed by atoms with Gasteiger partial charge in [0.15, 0.2) is 0 Å². The van der Waals surface area contributed by atoms with Crippen LogP contribution in [0.5, 0.6) is 11.5 Å². The smallest absolute Gasteiger partial charge is 0.123 e. The summed E-state index contributed by atoms with van der Waals surface area (Å²) in [5.74, 6) is 0.345. The van der Waals surface area contributed by atoms with Crippen molar-refractivity contribution in [3.63, 3.8) is 0 Å². The maximum Gasteiger partial charge on any atom is 0.123 e. The highest BCUT2D eigenvalue weighted by molar-refractivity contribution is 5.75. The lowest BCUT2D eigenvalue weighted by Crippen LogP contribution is -1.89. The summed E-state index contributed by atoms with van der Waals surface area (Å²) in [6.07, 6.45) is 0.793. The third-order valence-electron chi connectivity index (χ3n) is 3.51. The molecule has 21 heavy (non-hydrogen) atoms. The standard InChI is InChI=1S/C19H16O2/c20-18-9-5-4-8-16(18)17-13-15(10-11-19(17)21)12-14-6-2-1-3-7-14/h1-11,13,20-21H,12H2. The van der Waals surface area contributed by atoms with Crippen molar-refractivity contribution in [3.8, 4) is 22.6 Å². The average Bonchev–Trinajstić information content (AvgIpc) is 2.51. The van der Waals surface area contributed by atoms with E-state index in [1.807, 2.05) is 36.4 Å². The number of phenols is 2. The lowest BCUT2D eigenvalue weighted by molar-refractivity contribution is 0.469. The highest BCUT2D eigenvalue weighted by atomic mass is 16.3. The zero-order valence-corrected chi connectivity index (χ0v) is 11.5. The monoisotopic (exact) mass is 276 g/mol. The van der Waals surface area contributed by atoms with Gasteiger partial charge in [0.1, 0.15) is 11.5 Å². The molecule has 0 aromatic heterocycles. The average molecular weight is 276 g/mol. The van der Waals surface area contributed by atoms with E-state index in [1.165, 1.54) is 5.56 Å². The van der Waals surface area contributed by atoms with Gasteiger partial charge >= 0.3 is 0 Å². The predicted molar refractivity (Wildman–Crippen MR) is 84.5 cm³/mol. The number of hydrogen-bond donors (Lipinski definition) is 2. The maximum absolute atomic E-state index is 10.1. The zero-order chi connectivity index (χ0) is 14.7. The van der Waals surface area contributed by atoms with E-state index in [1.54, 1.807) is 24.3 Å². The largest absolute Gasteiger partial charge is 0.507 e. The normalized spacial score (nSPS) is 10.5. The Morgan fingerprint density at radius 3 is 2.00 bits per heavy atom. The van der Waals surface area contributed by atoms with Gasteiger partial charge in [0, 0.05) is 11.1 Å². The summed E-state index contributed by atoms with van der Waals surface area (Å²) < 4.78 is 0. The molecule has 0 radical (unpaired) electrons. The van der Waals surface area contributed by atoms with Crippen LogP contribution in [0, 0.1) is 0 Å². The molecule has 0 aliphatic carbocycles. The number of phenolic OH excluding ortho intramolecular Hbond substituents is 2. The third-order valence-corrected chi connectivity index (χ3v) is 3.51. The SMILES string of the molecule is Oc1ccccc1-c1cc(Cc2ccccc2)ccc1O. The van der Waals surface area contributed by atoms with E-state index in [4.69, 9.17) is 0 Å². The summed E-state index contributed by atoms with van der Waals surface area (Å²) in [5, 5.41) is 20.0. The first-order valence-electron chi connectivity index (χ1n) is 6.88. The molecule has 0 heterocycles. The second-order valence-corrected chi connectivity index (χ2v) is 5.03. The van der Waals surface area contributed by atoms with Crippen molar-refractivity contribution in [2.45, 2.75) is 6.42 Å². The molecule has 2 nitrogen and oxygen atoms in total. The van der Waals surface area contributed by atoms with Crippen LogP contribution in [0.25, 0.3) is 11.1 Å². The molecule has 0 aliphatic rings. The summed E-state index contributed by atoms with van der Waals surface area (Å²) in [4.78, 5) is 0. The van der Waals surface area contributed by atoms with Gasteiger partial charge in [-0.2, -0.15) is 0 Å². The molecule has 0 aliphatic heterocycles. The first-order valence-corrected chi connectivity index (χ1v) is 6.88. The first-order chi connectivity index (χ1) is 10.2. The Bertz CT molecular complexity index is 749. The Morgan fingerprint density at radius 2 is 1.24 bits per heavy atom. The molecule has 0 fully saturated rings. The van der Waals surface area contributed by atoms with E-state index in [0.717, 1.165) is 12.0 Å². The van der Waals surface area contributed by atoms with E-state index >= 15 is 0 Å². The summed E-state index contributed by atoms with van der Waals surface area (Å²) in [6.45, 7) is 0. The van der Waals surface area contributed by atoms with Gasteiger partial charge in [-0.25, -0.2) is 0 Å². The maximum atomic E-state index is 10.1. The lowest BCUT2D eigenvalue weighted by atomic mass is 9.98. The van der Waals surface area contributed by atoms with E-state index in [-0.39, 0.29) is 11.5 Å². The summed E-state index contributed by atoms with van der Waals surface area (Å²) in [6, 6.07) is 22.7. The van der Waals surface area contributed by atoms with Gasteiger partial charge in [0.2, 0.25) is 0 Å². The van der Waals surface area contributed by atoms with E-state index in [2.05, 4.69) is 12.1 Å². The highest BCUT2D eigenvalue weighted by Crippen LogP contribution is 2.35. The van der Waals surface area contributed by atoms with Gasteiger partial charge in [-0.1, -0.05) is 54.6 Å². The lowest BCUT2D eigenvalue weighted by Gasteiger charge is -2.10. The Balaban J connectivity index is 1.99. The molecular weight excluding hydrogens is 260 g/mol. The predicted octanol–water partition coefficient (Wildman–Crippen LogP) is 4.36. The zero-order valence-electron chi connectivity index (χ0n) is 11.5. The van der Waals surface area contributed by atoms with Crippen molar-refractivity contribution in [2.75, 3.05) is 0 Å². The summed E-state index contributed by atoms with van der Waals surface area (Å²) >= 11 is 0. The number of benzene rings is 3. The summed E-state index contributed by atoms with van der Waals surface area (Å²) in [5.41, 5.74) is 3.61. The van der Waals surface area contributed by atoms with Crippen LogP contribution in [0.15, 0.2) is 72.8 Å². The van der Waals surface area contributed by atoms with Gasteiger partial charge in [0.25, 0.3) is 0 Å². The van der Waals surface area contributed by atoms with Gasteiger partial charge in [-0.15, -0.1) is 0 Å². The van der Waals surface area contributed by atoms with Crippen LogP contribution in [0.1, 0.15) is 11.1 Å². The Kier molecular flexibility index (Phi) is 3.61. The minimum atomic E-state index is 0.171. The molecule has 0 saturated carbocycles. The van der Waals surface area contributed by atoms with Crippen molar-refractivity contribution >= 4 is 0 Å². The molecule has 3 rings (SSSR count). The van der Waals surface area contributed by atoms with Crippen molar-refractivity contribution in [1.29, 1.82) is 0 Å². The van der Waals surface area contributed by atoms with E-state index in [9.17, 15) is 10.2 Å². The highest BCUT2D eigenvalue weighted by Gasteiger charge is 2.09. The fourth-order valence-electron chi connectivity index (χ4n) is 2.44. The molecule has 3 aromatic carbocycles. The molecule has 2 heteroatoms. The van der Waals surface area contributed by atoms with Crippen LogP contribution >= 0.6 is 0 Å². The van der Waals surface area contributed by atoms with Crippen LogP contribution in [-0.2, 0) is 6.42 Å². The minimum absolute atomic E-state index is 0.171. The van der Waals surface area contributed by atoms with Crippen molar-refractivity contribution in [3.05, 3.63) is 83.9 Å². The fourth-order valence-corrected chi connectivity index (χ4v) is 2.44. The van der Waals surface area contributed by atoms with Crippen LogP contribution < -0.4 is 0 Å². The Labute approximate surface area is 123 Å². The Hall–Kier alpha value is -2.74. The number of hydrogen-bond acceptors (Lipinski definition) is 2. The van der Waals surface area contributed by atoms with Gasteiger partial charge in [-0.3, -0.25) is 0 Å². The quantitative estimate of drug-likeness (QED) is 0.746. The van der Waals surface area contributed by atoms with Crippen LogP contribution in [0.4, 0.5) is 0 Å². The summed E-state index contributed by atoms with van der Waals surface area (Å²) in [7, 11) is 0. The number of para-hydroxylation sites is 1. The van der Waals surface area contributed by atoms with Crippen molar-refractivity contribution < 1.29 is 10.2 Å². The molecule has 0 amide bonds.